The Hall–Kier alpha value is -1.28. The van der Waals surface area contributed by atoms with Crippen LogP contribution < -0.4 is 0 Å². The predicted molar refractivity (Wildman–Crippen MR) is 87.6 cm³/mol. The van der Waals surface area contributed by atoms with Gasteiger partial charge >= 0.3 is 0 Å². The highest BCUT2D eigenvalue weighted by Gasteiger charge is 2.47. The number of ether oxygens (including phenoxy) is 2. The molecule has 1 aromatic carbocycles. The van der Waals surface area contributed by atoms with Crippen molar-refractivity contribution in [2.45, 2.75) is 29.9 Å². The van der Waals surface area contributed by atoms with Crippen LogP contribution in [0.3, 0.4) is 0 Å². The fourth-order valence-electron chi connectivity index (χ4n) is 3.59. The van der Waals surface area contributed by atoms with Gasteiger partial charge in [0.05, 0.1) is 32.0 Å². The lowest BCUT2D eigenvalue weighted by molar-refractivity contribution is -0.0606. The van der Waals surface area contributed by atoms with E-state index in [2.05, 4.69) is 6.58 Å². The minimum atomic E-state index is -3.87. The number of hydrogen-bond acceptors (Lipinski definition) is 4. The first-order valence-electron chi connectivity index (χ1n) is 8.12. The zero-order valence-electron chi connectivity index (χ0n) is 13.4. The Balaban J connectivity index is 1.80. The highest BCUT2D eigenvalue weighted by Crippen LogP contribution is 2.37. The normalized spacial score (nSPS) is 27.8. The van der Waals surface area contributed by atoms with Crippen LogP contribution in [0.5, 0.6) is 0 Å². The number of hydrogen-bond donors (Lipinski definition) is 0. The van der Waals surface area contributed by atoms with Gasteiger partial charge in [-0.25, -0.2) is 12.8 Å². The molecule has 1 saturated heterocycles. The Morgan fingerprint density at radius 3 is 2.92 bits per heavy atom. The van der Waals surface area contributed by atoms with Gasteiger partial charge in [0.15, 0.2) is 0 Å². The fraction of sp³-hybridized carbons (Fsp3) is 0.529. The van der Waals surface area contributed by atoms with E-state index in [1.165, 1.54) is 28.6 Å². The van der Waals surface area contributed by atoms with Crippen LogP contribution in [0.25, 0.3) is 0 Å². The van der Waals surface area contributed by atoms with E-state index >= 15 is 0 Å². The average Bonchev–Trinajstić information content (AvgIpc) is 2.98. The summed E-state index contributed by atoms with van der Waals surface area (Å²) < 4.78 is 52.6. The van der Waals surface area contributed by atoms with E-state index in [1.807, 2.05) is 0 Å². The Labute approximate surface area is 142 Å². The van der Waals surface area contributed by atoms with Crippen LogP contribution in [0.4, 0.5) is 4.39 Å². The number of sulfonamides is 1. The molecule has 1 saturated carbocycles. The molecule has 0 N–H and O–H groups in total. The van der Waals surface area contributed by atoms with Crippen LogP contribution in [0.1, 0.15) is 12.8 Å². The number of nitrogens with zero attached hydrogens (tertiary/aromatic N) is 1. The Kier molecular flexibility index (Phi) is 5.34. The molecule has 2 fully saturated rings. The molecule has 5 nitrogen and oxygen atoms in total. The Morgan fingerprint density at radius 2 is 2.17 bits per heavy atom. The lowest BCUT2D eigenvalue weighted by atomic mass is 10.1. The van der Waals surface area contributed by atoms with Crippen LogP contribution >= 0.6 is 0 Å². The van der Waals surface area contributed by atoms with Crippen molar-refractivity contribution >= 4 is 10.0 Å². The molecule has 1 heterocycles. The molecule has 1 aromatic rings. The van der Waals surface area contributed by atoms with E-state index in [4.69, 9.17) is 9.47 Å². The molecule has 3 rings (SSSR count). The number of morpholine rings is 1. The Bertz CT molecular complexity index is 694. The SMILES string of the molecule is C=CCOC[C@@H]1CC[C@@H]2[C@@H]1OCCN2S(=O)(=O)c1ccccc1F. The lowest BCUT2D eigenvalue weighted by Gasteiger charge is -2.38. The van der Waals surface area contributed by atoms with Gasteiger partial charge in [-0.1, -0.05) is 18.2 Å². The molecule has 1 aliphatic heterocycles. The molecule has 0 bridgehead atoms. The molecule has 3 atom stereocenters. The van der Waals surface area contributed by atoms with Gasteiger partial charge in [-0.05, 0) is 25.0 Å². The maximum Gasteiger partial charge on any atom is 0.246 e. The summed E-state index contributed by atoms with van der Waals surface area (Å²) in [6, 6.07) is 5.24. The molecule has 1 aliphatic carbocycles. The summed E-state index contributed by atoms with van der Waals surface area (Å²) in [5, 5.41) is 0. The Morgan fingerprint density at radius 1 is 1.38 bits per heavy atom. The molecule has 0 unspecified atom stereocenters. The van der Waals surface area contributed by atoms with Crippen LogP contribution in [0.15, 0.2) is 41.8 Å². The average molecular weight is 355 g/mol. The predicted octanol–water partition coefficient (Wildman–Crippen LogP) is 2.20. The van der Waals surface area contributed by atoms with Gasteiger partial charge < -0.3 is 9.47 Å². The number of benzene rings is 1. The maximum atomic E-state index is 14.0. The van der Waals surface area contributed by atoms with Crippen molar-refractivity contribution in [3.05, 3.63) is 42.7 Å². The van der Waals surface area contributed by atoms with Crippen LogP contribution in [0, 0.1) is 11.7 Å². The first kappa shape index (κ1) is 17.5. The molecule has 0 spiro atoms. The third-order valence-electron chi connectivity index (χ3n) is 4.66. The van der Waals surface area contributed by atoms with Crippen molar-refractivity contribution < 1.29 is 22.3 Å². The maximum absolute atomic E-state index is 14.0. The van der Waals surface area contributed by atoms with Crippen molar-refractivity contribution in [1.82, 2.24) is 4.31 Å². The zero-order chi connectivity index (χ0) is 17.2. The number of halogens is 1. The van der Waals surface area contributed by atoms with Crippen molar-refractivity contribution in [2.75, 3.05) is 26.4 Å². The smallest absolute Gasteiger partial charge is 0.246 e. The van der Waals surface area contributed by atoms with E-state index in [-0.39, 0.29) is 29.5 Å². The van der Waals surface area contributed by atoms with Gasteiger partial charge in [-0.3, -0.25) is 0 Å². The van der Waals surface area contributed by atoms with E-state index in [0.717, 1.165) is 6.42 Å². The van der Waals surface area contributed by atoms with E-state index < -0.39 is 15.8 Å². The molecular weight excluding hydrogens is 333 g/mol. The minimum Gasteiger partial charge on any atom is -0.377 e. The monoisotopic (exact) mass is 355 g/mol. The van der Waals surface area contributed by atoms with Crippen molar-refractivity contribution in [1.29, 1.82) is 0 Å². The summed E-state index contributed by atoms with van der Waals surface area (Å²) >= 11 is 0. The highest BCUT2D eigenvalue weighted by molar-refractivity contribution is 7.89. The van der Waals surface area contributed by atoms with Gasteiger partial charge in [0, 0.05) is 12.5 Å². The third kappa shape index (κ3) is 3.26. The molecule has 0 aromatic heterocycles. The van der Waals surface area contributed by atoms with Crippen molar-refractivity contribution in [2.24, 2.45) is 5.92 Å². The molecule has 0 radical (unpaired) electrons. The van der Waals surface area contributed by atoms with Gasteiger partial charge in [0.2, 0.25) is 10.0 Å². The fourth-order valence-corrected chi connectivity index (χ4v) is 5.30. The summed E-state index contributed by atoms with van der Waals surface area (Å²) in [7, 11) is -3.87. The first-order chi connectivity index (χ1) is 11.6. The third-order valence-corrected chi connectivity index (χ3v) is 6.62. The van der Waals surface area contributed by atoms with E-state index in [9.17, 15) is 12.8 Å². The van der Waals surface area contributed by atoms with Crippen molar-refractivity contribution in [3.63, 3.8) is 0 Å². The summed E-state index contributed by atoms with van der Waals surface area (Å²) in [4.78, 5) is -0.267. The molecule has 132 valence electrons. The highest BCUT2D eigenvalue weighted by atomic mass is 32.2. The molecule has 0 amide bonds. The van der Waals surface area contributed by atoms with Gasteiger partial charge in [-0.15, -0.1) is 6.58 Å². The first-order valence-corrected chi connectivity index (χ1v) is 9.56. The quantitative estimate of drug-likeness (QED) is 0.580. The van der Waals surface area contributed by atoms with Gasteiger partial charge in [0.25, 0.3) is 0 Å². The number of fused-ring (bicyclic) bond motifs is 1. The van der Waals surface area contributed by atoms with Gasteiger partial charge in [-0.2, -0.15) is 4.31 Å². The topological polar surface area (TPSA) is 55.8 Å². The summed E-state index contributed by atoms with van der Waals surface area (Å²) in [6.45, 7) is 5.15. The summed E-state index contributed by atoms with van der Waals surface area (Å²) in [6.07, 6.45) is 3.00. The zero-order valence-corrected chi connectivity index (χ0v) is 14.3. The summed E-state index contributed by atoms with van der Waals surface area (Å²) in [5.41, 5.74) is 0. The largest absolute Gasteiger partial charge is 0.377 e. The molecular formula is C17H22FNO4S. The number of rotatable bonds is 6. The summed E-state index contributed by atoms with van der Waals surface area (Å²) in [5.74, 6) is -0.571. The van der Waals surface area contributed by atoms with E-state index in [0.29, 0.717) is 26.2 Å². The second kappa shape index (κ2) is 7.31. The lowest BCUT2D eigenvalue weighted by Crippen LogP contribution is -2.53. The standard InChI is InChI=1S/C17H22FNO4S/c1-2-10-22-12-13-7-8-15-17(13)23-11-9-19(15)24(20,21)16-6-4-3-5-14(16)18/h2-6,13,15,17H,1,7-12H2/t13-,15+,17+/m0/s1. The molecule has 24 heavy (non-hydrogen) atoms. The second-order valence-corrected chi connectivity index (χ2v) is 7.97. The second-order valence-electron chi connectivity index (χ2n) is 6.11. The van der Waals surface area contributed by atoms with E-state index in [1.54, 1.807) is 6.08 Å². The van der Waals surface area contributed by atoms with Crippen LogP contribution in [0.2, 0.25) is 0 Å². The van der Waals surface area contributed by atoms with Crippen molar-refractivity contribution in [3.8, 4) is 0 Å². The van der Waals surface area contributed by atoms with Crippen LogP contribution in [-0.4, -0.2) is 51.2 Å². The molecule has 2 aliphatic rings. The van der Waals surface area contributed by atoms with Gasteiger partial charge in [0.1, 0.15) is 10.7 Å². The molecule has 7 heteroatoms. The van der Waals surface area contributed by atoms with Crippen LogP contribution in [-0.2, 0) is 19.5 Å². The minimum absolute atomic E-state index is 0.147.